The Balaban J connectivity index is 0.000000547. The molecule has 0 N–H and O–H groups in total. The third-order valence-corrected chi connectivity index (χ3v) is 3.25. The summed E-state index contributed by atoms with van der Waals surface area (Å²) in [6.07, 6.45) is -11.4. The van der Waals surface area contributed by atoms with Crippen LogP contribution < -0.4 is 0 Å². The smallest absolute Gasteiger partial charge is 0.283 e. The van der Waals surface area contributed by atoms with E-state index in [1.165, 1.54) is 0 Å². The van der Waals surface area contributed by atoms with Crippen molar-refractivity contribution in [3.8, 4) is 0 Å². The van der Waals surface area contributed by atoms with Gasteiger partial charge in [0.15, 0.2) is 0 Å². The summed E-state index contributed by atoms with van der Waals surface area (Å²) in [7, 11) is 0. The molecule has 3 aromatic rings. The minimum absolute atomic E-state index is 0. The van der Waals surface area contributed by atoms with E-state index in [1.807, 2.05) is 30.3 Å². The Morgan fingerprint density at radius 3 is 1.23 bits per heavy atom. The van der Waals surface area contributed by atoms with Gasteiger partial charge >= 0.3 is 52.7 Å². The van der Waals surface area contributed by atoms with Crippen molar-refractivity contribution in [1.82, 2.24) is 0 Å². The quantitative estimate of drug-likeness (QED) is 0.101. The average molecular weight is 662 g/mol. The van der Waals surface area contributed by atoms with Crippen molar-refractivity contribution < 1.29 is 102 Å². The van der Waals surface area contributed by atoms with Gasteiger partial charge < -0.3 is 0 Å². The molecule has 0 amide bonds. The zero-order chi connectivity index (χ0) is 26.4. The Kier molecular flexibility index (Phi) is 12.6. The van der Waals surface area contributed by atoms with Gasteiger partial charge in [0.25, 0.3) is 0 Å². The van der Waals surface area contributed by atoms with Crippen LogP contribution in [0, 0.1) is 105 Å². The summed E-state index contributed by atoms with van der Waals surface area (Å²) in [5, 5.41) is 0. The largest absolute Gasteiger partial charge is 3.00 e. The molecule has 35 heavy (non-hydrogen) atoms. The van der Waals surface area contributed by atoms with Gasteiger partial charge in [0.1, 0.15) is 0 Å². The van der Waals surface area contributed by atoms with Gasteiger partial charge in [0, 0.05) is 17.2 Å². The van der Waals surface area contributed by atoms with Crippen LogP contribution in [0.2, 0.25) is 0 Å². The third kappa shape index (κ3) is 9.19. The number of alkyl halides is 6. The van der Waals surface area contributed by atoms with Gasteiger partial charge in [0.2, 0.25) is 0 Å². The molecule has 0 fully saturated rings. The molecule has 189 valence electrons. The monoisotopic (exact) mass is 663 g/mol. The summed E-state index contributed by atoms with van der Waals surface area (Å²) < 4.78 is 170. The first-order valence-corrected chi connectivity index (χ1v) is 8.06. The number of halogens is 14. The summed E-state index contributed by atoms with van der Waals surface area (Å²) in [5.41, 5.74) is -5.56. The van der Waals surface area contributed by atoms with Gasteiger partial charge in [-0.2, -0.15) is 62.7 Å². The molecule has 0 aromatic heterocycles. The van der Waals surface area contributed by atoms with Gasteiger partial charge in [-0.3, -0.25) is 17.6 Å². The van der Waals surface area contributed by atoms with Crippen molar-refractivity contribution in [3.63, 3.8) is 0 Å². The third-order valence-electron chi connectivity index (χ3n) is 3.25. The van der Waals surface area contributed by atoms with Crippen molar-refractivity contribution in [2.75, 3.05) is 0 Å². The SMILES string of the molecule is Fc1[c-]c(C(F)(F)F)c(F)c(C(F)(F)F)c1F.Fc1[c-]c(F)c(F)c(F)c1F.[Sm+3].[c-]1ccccc1. The Bertz CT molecular complexity index is 1060. The number of hydrogen-bond donors (Lipinski definition) is 0. The van der Waals surface area contributed by atoms with Crippen LogP contribution in [0.25, 0.3) is 0 Å². The zero-order valence-electron chi connectivity index (χ0n) is 16.1. The maximum absolute atomic E-state index is 12.8. The molecule has 3 rings (SSSR count). The molecule has 1 radical (unpaired) electrons. The van der Waals surface area contributed by atoms with Gasteiger partial charge in [-0.25, -0.2) is 17.6 Å². The second-order valence-corrected chi connectivity index (χ2v) is 5.58. The summed E-state index contributed by atoms with van der Waals surface area (Å²) in [6, 6.07) is 14.1. The minimum atomic E-state index is -5.79. The van der Waals surface area contributed by atoms with E-state index in [0.717, 1.165) is 6.07 Å². The van der Waals surface area contributed by atoms with E-state index in [0.29, 0.717) is 6.07 Å². The van der Waals surface area contributed by atoms with Crippen LogP contribution in [-0.4, -0.2) is 0 Å². The number of rotatable bonds is 0. The molecule has 0 bridgehead atoms. The Morgan fingerprint density at radius 2 is 0.914 bits per heavy atom. The van der Waals surface area contributed by atoms with E-state index in [-0.39, 0.29) is 40.4 Å². The molecule has 0 aliphatic heterocycles. The second-order valence-electron chi connectivity index (χ2n) is 5.58. The number of benzene rings is 3. The van der Waals surface area contributed by atoms with Gasteiger partial charge in [-0.05, 0) is 5.56 Å². The molecule has 0 unspecified atom stereocenters. The molecule has 0 aliphatic rings. The summed E-state index contributed by atoms with van der Waals surface area (Å²) in [6.45, 7) is 0. The van der Waals surface area contributed by atoms with Crippen LogP contribution in [0.5, 0.6) is 0 Å². The molecule has 0 saturated carbocycles. The summed E-state index contributed by atoms with van der Waals surface area (Å²) >= 11 is 0. The van der Waals surface area contributed by atoms with Gasteiger partial charge in [-0.15, -0.1) is 12.1 Å². The molecular weight excluding hydrogens is 657 g/mol. The van der Waals surface area contributed by atoms with Crippen LogP contribution in [0.4, 0.5) is 61.5 Å². The van der Waals surface area contributed by atoms with E-state index >= 15 is 0 Å². The molecule has 0 nitrogen and oxygen atoms in total. The molecule has 15 heteroatoms. The standard InChI is InChI=1S/C8F9.C6F5.C6H5.Sm/c9-3-1-2(7(12,13)14)5(10)4(6(3)11)8(15,16)17;7-2-1-3(8)5(10)6(11)4(2)9;1-2-4-6-5-3-1;/h;;1-5H;/q3*-1;+3. The predicted molar refractivity (Wildman–Crippen MR) is 85.5 cm³/mol. The minimum Gasteiger partial charge on any atom is -0.283 e. The Morgan fingerprint density at radius 1 is 0.486 bits per heavy atom. The molecule has 0 saturated heterocycles. The molecular formula is C20H5F14Sm. The first kappa shape index (κ1) is 33.0. The van der Waals surface area contributed by atoms with Gasteiger partial charge in [-0.1, -0.05) is 0 Å². The van der Waals surface area contributed by atoms with E-state index in [4.69, 9.17) is 0 Å². The fraction of sp³-hybridized carbons (Fsp3) is 0.100. The van der Waals surface area contributed by atoms with Crippen LogP contribution >= 0.6 is 0 Å². The van der Waals surface area contributed by atoms with Crippen LogP contribution in [0.3, 0.4) is 0 Å². The predicted octanol–water partition coefficient (Wildman–Crippen LogP) is 7.61. The van der Waals surface area contributed by atoms with Crippen molar-refractivity contribution in [3.05, 3.63) is 106 Å². The van der Waals surface area contributed by atoms with Crippen molar-refractivity contribution in [2.24, 2.45) is 0 Å². The van der Waals surface area contributed by atoms with E-state index in [9.17, 15) is 61.5 Å². The maximum Gasteiger partial charge on any atom is 3.00 e. The average Bonchev–Trinajstić information content (AvgIpc) is 2.74. The molecule has 0 atom stereocenters. The summed E-state index contributed by atoms with van der Waals surface area (Å²) in [5.74, 6) is -18.3. The topological polar surface area (TPSA) is 0 Å². The summed E-state index contributed by atoms with van der Waals surface area (Å²) in [4.78, 5) is 0. The Labute approximate surface area is 219 Å². The van der Waals surface area contributed by atoms with E-state index in [1.54, 1.807) is 0 Å². The molecule has 0 heterocycles. The van der Waals surface area contributed by atoms with Gasteiger partial charge in [0.05, 0.1) is 34.9 Å². The maximum atomic E-state index is 12.8. The fourth-order valence-electron chi connectivity index (χ4n) is 1.83. The van der Waals surface area contributed by atoms with Crippen LogP contribution in [-0.2, 0) is 12.4 Å². The van der Waals surface area contributed by atoms with Crippen LogP contribution in [0.15, 0.2) is 30.3 Å². The number of hydrogen-bond acceptors (Lipinski definition) is 0. The zero-order valence-corrected chi connectivity index (χ0v) is 18.7. The Hall–Kier alpha value is -1.98. The molecule has 3 aromatic carbocycles. The van der Waals surface area contributed by atoms with Crippen molar-refractivity contribution >= 4 is 0 Å². The molecule has 0 aliphatic carbocycles. The van der Waals surface area contributed by atoms with Crippen LogP contribution in [0.1, 0.15) is 11.1 Å². The van der Waals surface area contributed by atoms with Crippen molar-refractivity contribution in [1.29, 1.82) is 0 Å². The fourth-order valence-corrected chi connectivity index (χ4v) is 1.83. The van der Waals surface area contributed by atoms with E-state index < -0.39 is 70.0 Å². The van der Waals surface area contributed by atoms with Crippen molar-refractivity contribution in [2.45, 2.75) is 12.4 Å². The van der Waals surface area contributed by atoms with E-state index in [2.05, 4.69) is 6.07 Å². The molecule has 0 spiro atoms. The normalized spacial score (nSPS) is 10.9. The first-order chi connectivity index (χ1) is 15.5. The first-order valence-electron chi connectivity index (χ1n) is 8.06. The second kappa shape index (κ2) is 13.4.